The summed E-state index contributed by atoms with van der Waals surface area (Å²) in [5.41, 5.74) is 2.23. The number of likely N-dealkylation sites (N-methyl/N-ethyl adjacent to an activating group) is 1. The van der Waals surface area contributed by atoms with Crippen LogP contribution < -0.4 is 5.32 Å². The molecule has 2 aromatic heterocycles. The van der Waals surface area contributed by atoms with Gasteiger partial charge in [0.2, 0.25) is 0 Å². The van der Waals surface area contributed by atoms with Crippen molar-refractivity contribution < 1.29 is 18.0 Å². The van der Waals surface area contributed by atoms with Crippen LogP contribution in [0.15, 0.2) is 73.2 Å². The minimum Gasteiger partial charge on any atom is -0.388 e. The molecule has 206 valence electrons. The molecule has 5 rings (SSSR count). The zero-order valence-corrected chi connectivity index (χ0v) is 22.4. The molecule has 2 aromatic carbocycles. The smallest absolute Gasteiger partial charge is 0.388 e. The third-order valence-corrected chi connectivity index (χ3v) is 6.61. The maximum atomic E-state index is 13.0. The molecule has 1 saturated heterocycles. The molecule has 0 radical (unpaired) electrons. The van der Waals surface area contributed by atoms with E-state index in [1.54, 1.807) is 12.4 Å². The largest absolute Gasteiger partial charge is 0.416 e. The molecule has 0 aliphatic carbocycles. The number of alkyl halides is 3. The standard InChI is InChI=1S/C17H13N3.C14H17F3N2O/c1-18-15-8-9-20-16(10-15)7-6-14-12-19-11-13-4-2-3-5-17(13)14;1-18-4-6-19(7-5-18)9-12-3-2-11(10-20)8-13(12)14(15,16)17/h2-5,8-12H,1H3,(H,18,20);2-3,8,10H,4-7,9H2,1H3. The Morgan fingerprint density at radius 2 is 1.77 bits per heavy atom. The molecule has 0 unspecified atom stereocenters. The van der Waals surface area contributed by atoms with E-state index in [0.29, 0.717) is 6.29 Å². The molecular formula is C31H30F3N5O. The highest BCUT2D eigenvalue weighted by Crippen LogP contribution is 2.33. The van der Waals surface area contributed by atoms with E-state index in [1.807, 2.05) is 55.5 Å². The number of hydrogen-bond donors (Lipinski definition) is 1. The molecule has 1 aliphatic rings. The molecule has 0 saturated carbocycles. The molecule has 1 N–H and O–H groups in total. The van der Waals surface area contributed by atoms with Gasteiger partial charge in [0.25, 0.3) is 0 Å². The van der Waals surface area contributed by atoms with Crippen LogP contribution in [0.5, 0.6) is 0 Å². The number of nitrogens with zero attached hydrogens (tertiary/aromatic N) is 4. The quantitative estimate of drug-likeness (QED) is 0.276. The first-order chi connectivity index (χ1) is 19.3. The molecule has 3 heterocycles. The van der Waals surface area contributed by atoms with Crippen LogP contribution >= 0.6 is 0 Å². The zero-order valence-electron chi connectivity index (χ0n) is 22.4. The maximum Gasteiger partial charge on any atom is 0.416 e. The molecule has 40 heavy (non-hydrogen) atoms. The lowest BCUT2D eigenvalue weighted by atomic mass is 10.0. The molecule has 0 bridgehead atoms. The van der Waals surface area contributed by atoms with Crippen LogP contribution in [0.4, 0.5) is 18.9 Å². The Labute approximate surface area is 231 Å². The highest BCUT2D eigenvalue weighted by Gasteiger charge is 2.34. The zero-order chi connectivity index (χ0) is 28.5. The predicted octanol–water partition coefficient (Wildman–Crippen LogP) is 5.34. The van der Waals surface area contributed by atoms with Crippen molar-refractivity contribution >= 4 is 22.7 Å². The first kappa shape index (κ1) is 28.7. The number of aromatic nitrogens is 2. The average molecular weight is 546 g/mol. The van der Waals surface area contributed by atoms with Crippen molar-refractivity contribution in [3.8, 4) is 11.8 Å². The molecule has 6 nitrogen and oxygen atoms in total. The predicted molar refractivity (Wildman–Crippen MR) is 151 cm³/mol. The maximum absolute atomic E-state index is 13.0. The number of halogens is 3. The Hall–Kier alpha value is -4.26. The van der Waals surface area contributed by atoms with Crippen LogP contribution in [0.2, 0.25) is 0 Å². The van der Waals surface area contributed by atoms with Gasteiger partial charge in [-0.1, -0.05) is 42.3 Å². The molecule has 0 amide bonds. The summed E-state index contributed by atoms with van der Waals surface area (Å²) < 4.78 is 39.1. The number of rotatable bonds is 4. The Morgan fingerprint density at radius 3 is 2.50 bits per heavy atom. The minimum atomic E-state index is -4.43. The van der Waals surface area contributed by atoms with Gasteiger partial charge >= 0.3 is 6.18 Å². The minimum absolute atomic E-state index is 0.0550. The molecule has 1 aliphatic heterocycles. The number of piperazine rings is 1. The third-order valence-electron chi connectivity index (χ3n) is 6.61. The first-order valence-corrected chi connectivity index (χ1v) is 12.8. The van der Waals surface area contributed by atoms with Gasteiger partial charge in [0.1, 0.15) is 12.0 Å². The van der Waals surface area contributed by atoms with E-state index in [1.165, 1.54) is 12.1 Å². The van der Waals surface area contributed by atoms with E-state index < -0.39 is 11.7 Å². The number of anilines is 1. The molecular weight excluding hydrogens is 515 g/mol. The second-order valence-corrected chi connectivity index (χ2v) is 9.45. The van der Waals surface area contributed by atoms with E-state index in [9.17, 15) is 18.0 Å². The second kappa shape index (κ2) is 13.2. The van der Waals surface area contributed by atoms with Gasteiger partial charge in [0, 0.05) is 80.4 Å². The van der Waals surface area contributed by atoms with E-state index in [4.69, 9.17) is 0 Å². The molecule has 9 heteroatoms. The van der Waals surface area contributed by atoms with Crippen molar-refractivity contribution in [1.29, 1.82) is 0 Å². The van der Waals surface area contributed by atoms with Crippen molar-refractivity contribution in [2.45, 2.75) is 12.7 Å². The number of carbonyl (C=O) groups excluding carboxylic acids is 1. The van der Waals surface area contributed by atoms with Gasteiger partial charge in [-0.2, -0.15) is 13.2 Å². The summed E-state index contributed by atoms with van der Waals surface area (Å²) in [7, 11) is 3.87. The Kier molecular flexibility index (Phi) is 9.48. The van der Waals surface area contributed by atoms with Gasteiger partial charge < -0.3 is 10.2 Å². The van der Waals surface area contributed by atoms with Crippen LogP contribution in [0.3, 0.4) is 0 Å². The monoisotopic (exact) mass is 545 g/mol. The van der Waals surface area contributed by atoms with Gasteiger partial charge in [-0.3, -0.25) is 14.7 Å². The van der Waals surface area contributed by atoms with Crippen molar-refractivity contribution in [2.75, 3.05) is 45.6 Å². The normalized spacial score (nSPS) is 14.0. The first-order valence-electron chi connectivity index (χ1n) is 12.8. The lowest BCUT2D eigenvalue weighted by Gasteiger charge is -2.32. The van der Waals surface area contributed by atoms with Crippen LogP contribution in [-0.2, 0) is 12.7 Å². The van der Waals surface area contributed by atoms with E-state index >= 15 is 0 Å². The van der Waals surface area contributed by atoms with Gasteiger partial charge in [-0.05, 0) is 36.7 Å². The van der Waals surface area contributed by atoms with E-state index in [0.717, 1.165) is 60.0 Å². The van der Waals surface area contributed by atoms with Crippen molar-refractivity contribution in [2.24, 2.45) is 0 Å². The number of pyridine rings is 2. The Bertz CT molecular complexity index is 1510. The fraction of sp³-hybridized carbons (Fsp3) is 0.258. The number of nitrogens with one attached hydrogen (secondary N) is 1. The van der Waals surface area contributed by atoms with E-state index in [2.05, 4.69) is 38.1 Å². The summed E-state index contributed by atoms with van der Waals surface area (Å²) in [6.07, 6.45) is 1.39. The third kappa shape index (κ3) is 7.65. The second-order valence-electron chi connectivity index (χ2n) is 9.45. The summed E-state index contributed by atoms with van der Waals surface area (Å²) in [6.45, 7) is 3.48. The average Bonchev–Trinajstić information content (AvgIpc) is 2.97. The topological polar surface area (TPSA) is 61.4 Å². The van der Waals surface area contributed by atoms with Crippen LogP contribution in [0, 0.1) is 11.8 Å². The highest BCUT2D eigenvalue weighted by molar-refractivity contribution is 5.87. The van der Waals surface area contributed by atoms with Crippen molar-refractivity contribution in [1.82, 2.24) is 19.8 Å². The lowest BCUT2D eigenvalue weighted by molar-refractivity contribution is -0.138. The summed E-state index contributed by atoms with van der Waals surface area (Å²) in [5.74, 6) is 6.24. The summed E-state index contributed by atoms with van der Waals surface area (Å²) >= 11 is 0. The number of hydrogen-bond acceptors (Lipinski definition) is 6. The molecule has 0 spiro atoms. The SMILES string of the molecule is CN1CCN(Cc2ccc(C=O)cc2C(F)(F)F)CC1.CNc1ccnc(C#Cc2cncc3ccccc23)c1. The van der Waals surface area contributed by atoms with Gasteiger partial charge in [0.15, 0.2) is 0 Å². The molecule has 1 fully saturated rings. The lowest BCUT2D eigenvalue weighted by Crippen LogP contribution is -2.44. The number of carbonyl (C=O) groups is 1. The molecule has 4 aromatic rings. The fourth-order valence-corrected chi connectivity index (χ4v) is 4.32. The Morgan fingerprint density at radius 1 is 1.00 bits per heavy atom. The summed E-state index contributed by atoms with van der Waals surface area (Å²) in [4.78, 5) is 23.3. The van der Waals surface area contributed by atoms with Crippen LogP contribution in [-0.4, -0.2) is 66.3 Å². The van der Waals surface area contributed by atoms with E-state index in [-0.39, 0.29) is 17.7 Å². The van der Waals surface area contributed by atoms with Crippen LogP contribution in [0.1, 0.15) is 32.7 Å². The van der Waals surface area contributed by atoms with Gasteiger partial charge in [-0.25, -0.2) is 4.98 Å². The summed E-state index contributed by atoms with van der Waals surface area (Å²) in [6, 6.07) is 15.7. The van der Waals surface area contributed by atoms with Crippen molar-refractivity contribution in [3.63, 3.8) is 0 Å². The Balaban J connectivity index is 0.000000185. The number of aldehydes is 1. The van der Waals surface area contributed by atoms with Crippen LogP contribution in [0.25, 0.3) is 10.8 Å². The highest BCUT2D eigenvalue weighted by atomic mass is 19.4. The molecule has 0 atom stereocenters. The number of fused-ring (bicyclic) bond motifs is 1. The fourth-order valence-electron chi connectivity index (χ4n) is 4.32. The number of benzene rings is 2. The van der Waals surface area contributed by atoms with Crippen molar-refractivity contribution in [3.05, 3.63) is 101 Å². The van der Waals surface area contributed by atoms with Gasteiger partial charge in [-0.15, -0.1) is 0 Å². The van der Waals surface area contributed by atoms with Gasteiger partial charge in [0.05, 0.1) is 11.1 Å². The summed E-state index contributed by atoms with van der Waals surface area (Å²) in [5, 5.41) is 5.28.